The van der Waals surface area contributed by atoms with Crippen LogP contribution >= 0.6 is 0 Å². The van der Waals surface area contributed by atoms with E-state index in [2.05, 4.69) is 32.6 Å². The molecule has 0 amide bonds. The highest BCUT2D eigenvalue weighted by molar-refractivity contribution is 5.88. The number of benzene rings is 3. The Labute approximate surface area is 175 Å². The number of nitrogen functional groups attached to an aromatic ring is 1. The highest BCUT2D eigenvalue weighted by Crippen LogP contribution is 2.35. The summed E-state index contributed by atoms with van der Waals surface area (Å²) >= 11 is 0. The molecular formula is C25H22FNO3. The normalized spacial score (nSPS) is 10.8. The molecule has 0 heterocycles. The number of halogens is 1. The number of carboxylic acids is 1. The van der Waals surface area contributed by atoms with E-state index in [-0.39, 0.29) is 11.0 Å². The molecule has 5 heteroatoms. The third-order valence-corrected chi connectivity index (χ3v) is 4.47. The number of carbonyl (C=O) groups is 1. The van der Waals surface area contributed by atoms with Gasteiger partial charge in [-0.1, -0.05) is 44.7 Å². The van der Waals surface area contributed by atoms with Crippen LogP contribution in [0.4, 0.5) is 10.1 Å². The van der Waals surface area contributed by atoms with E-state index in [1.807, 2.05) is 12.1 Å². The Bertz CT molecular complexity index is 1150. The van der Waals surface area contributed by atoms with Crippen molar-refractivity contribution in [2.75, 3.05) is 5.73 Å². The first-order chi connectivity index (χ1) is 14.1. The maximum atomic E-state index is 14.3. The lowest BCUT2D eigenvalue weighted by molar-refractivity contribution is 0.0692. The first-order valence-electron chi connectivity index (χ1n) is 9.37. The minimum absolute atomic E-state index is 0.0239. The van der Waals surface area contributed by atoms with Gasteiger partial charge in [0.15, 0.2) is 5.82 Å². The Morgan fingerprint density at radius 3 is 2.37 bits per heavy atom. The molecule has 0 atom stereocenters. The van der Waals surface area contributed by atoms with Crippen molar-refractivity contribution in [2.45, 2.75) is 26.2 Å². The first kappa shape index (κ1) is 20.9. The quantitative estimate of drug-likeness (QED) is 0.441. The van der Waals surface area contributed by atoms with Gasteiger partial charge in [-0.2, -0.15) is 0 Å². The summed E-state index contributed by atoms with van der Waals surface area (Å²) in [6, 6.07) is 16.8. The lowest BCUT2D eigenvalue weighted by Crippen LogP contribution is -2.12. The summed E-state index contributed by atoms with van der Waals surface area (Å²) in [5.41, 5.74) is 7.44. The van der Waals surface area contributed by atoms with Crippen molar-refractivity contribution in [2.24, 2.45) is 0 Å². The number of ether oxygens (including phenoxy) is 1. The summed E-state index contributed by atoms with van der Waals surface area (Å²) in [6.07, 6.45) is 0. The molecular weight excluding hydrogens is 381 g/mol. The average molecular weight is 403 g/mol. The van der Waals surface area contributed by atoms with E-state index in [9.17, 15) is 9.18 Å². The molecule has 0 aliphatic carbocycles. The molecule has 0 fully saturated rings. The fraction of sp³-hybridized carbons (Fsp3) is 0.160. The fourth-order valence-corrected chi connectivity index (χ4v) is 2.90. The molecule has 0 aliphatic heterocycles. The number of rotatable bonds is 3. The molecule has 0 unspecified atom stereocenters. The molecule has 3 rings (SSSR count). The molecule has 0 aromatic heterocycles. The molecule has 0 bridgehead atoms. The lowest BCUT2D eigenvalue weighted by atomic mass is 9.86. The molecule has 0 saturated carbocycles. The Kier molecular flexibility index (Phi) is 5.79. The van der Waals surface area contributed by atoms with Gasteiger partial charge in [0.1, 0.15) is 11.5 Å². The number of hydrogen-bond acceptors (Lipinski definition) is 3. The van der Waals surface area contributed by atoms with Gasteiger partial charge in [0, 0.05) is 16.8 Å². The van der Waals surface area contributed by atoms with Gasteiger partial charge in [-0.25, -0.2) is 9.18 Å². The minimum Gasteiger partial charge on any atom is -0.478 e. The van der Waals surface area contributed by atoms with Crippen molar-refractivity contribution in [3.05, 3.63) is 88.7 Å². The van der Waals surface area contributed by atoms with Gasteiger partial charge < -0.3 is 15.6 Å². The van der Waals surface area contributed by atoms with Gasteiger partial charge in [0.2, 0.25) is 0 Å². The molecule has 0 radical (unpaired) electrons. The summed E-state index contributed by atoms with van der Waals surface area (Å²) in [5.74, 6) is 4.72. The zero-order valence-corrected chi connectivity index (χ0v) is 17.0. The summed E-state index contributed by atoms with van der Waals surface area (Å²) in [5, 5.41) is 9.06. The molecule has 0 aliphatic rings. The number of anilines is 1. The van der Waals surface area contributed by atoms with Gasteiger partial charge in [0.25, 0.3) is 0 Å². The third kappa shape index (κ3) is 4.79. The molecule has 152 valence electrons. The van der Waals surface area contributed by atoms with Gasteiger partial charge in [-0.3, -0.25) is 0 Å². The highest BCUT2D eigenvalue weighted by atomic mass is 19.1. The van der Waals surface area contributed by atoms with Crippen LogP contribution in [0.2, 0.25) is 0 Å². The smallest absolute Gasteiger partial charge is 0.338 e. The van der Waals surface area contributed by atoms with E-state index in [1.165, 1.54) is 18.2 Å². The average Bonchev–Trinajstić information content (AvgIpc) is 2.68. The number of nitrogens with two attached hydrogens (primary N) is 1. The molecule has 3 aromatic carbocycles. The Morgan fingerprint density at radius 2 is 1.73 bits per heavy atom. The third-order valence-electron chi connectivity index (χ3n) is 4.47. The van der Waals surface area contributed by atoms with Crippen LogP contribution in [0.15, 0.2) is 60.7 Å². The molecule has 30 heavy (non-hydrogen) atoms. The minimum atomic E-state index is -1.33. The predicted molar refractivity (Wildman–Crippen MR) is 115 cm³/mol. The monoisotopic (exact) mass is 403 g/mol. The molecule has 3 N–H and O–H groups in total. The summed E-state index contributed by atoms with van der Waals surface area (Å²) < 4.78 is 20.4. The summed E-state index contributed by atoms with van der Waals surface area (Å²) in [7, 11) is 0. The topological polar surface area (TPSA) is 72.5 Å². The number of hydrogen-bond donors (Lipinski definition) is 2. The van der Waals surface area contributed by atoms with Crippen molar-refractivity contribution in [1.29, 1.82) is 0 Å². The van der Waals surface area contributed by atoms with Gasteiger partial charge in [0.05, 0.1) is 11.1 Å². The van der Waals surface area contributed by atoms with Crippen LogP contribution in [0.25, 0.3) is 0 Å². The first-order valence-corrected chi connectivity index (χ1v) is 9.37. The second kappa shape index (κ2) is 8.30. The van der Waals surface area contributed by atoms with Crippen molar-refractivity contribution in [3.63, 3.8) is 0 Å². The van der Waals surface area contributed by atoms with E-state index in [1.54, 1.807) is 30.3 Å². The van der Waals surface area contributed by atoms with Gasteiger partial charge in [-0.15, -0.1) is 0 Å². The second-order valence-corrected chi connectivity index (χ2v) is 7.85. The lowest BCUT2D eigenvalue weighted by Gasteiger charge is -2.23. The zero-order chi connectivity index (χ0) is 21.9. The largest absolute Gasteiger partial charge is 0.478 e. The van der Waals surface area contributed by atoms with Crippen LogP contribution in [0.3, 0.4) is 0 Å². The van der Waals surface area contributed by atoms with E-state index in [0.29, 0.717) is 22.7 Å². The van der Waals surface area contributed by atoms with Crippen molar-refractivity contribution >= 4 is 11.7 Å². The molecule has 3 aromatic rings. The standard InChI is InChI=1S/C25H22FNO3/c1-25(2,3)21-14-8-16(15-22(21)30-19-12-10-18(27)11-13-19)7-9-17-5-4-6-20(23(17)26)24(28)29/h4-6,8,10-15H,27H2,1-3H3,(H,28,29). The second-order valence-electron chi connectivity index (χ2n) is 7.85. The predicted octanol–water partition coefficient (Wildman–Crippen LogP) is 5.60. The number of carboxylic acid groups (broad SMARTS) is 1. The Balaban J connectivity index is 2.00. The maximum Gasteiger partial charge on any atom is 0.338 e. The van der Waals surface area contributed by atoms with Crippen molar-refractivity contribution in [3.8, 4) is 23.3 Å². The molecule has 0 spiro atoms. The van der Waals surface area contributed by atoms with Crippen LogP contribution in [0, 0.1) is 17.7 Å². The fourth-order valence-electron chi connectivity index (χ4n) is 2.90. The van der Waals surface area contributed by atoms with E-state index >= 15 is 0 Å². The van der Waals surface area contributed by atoms with Crippen LogP contribution in [-0.2, 0) is 5.41 Å². The van der Waals surface area contributed by atoms with Gasteiger partial charge in [-0.05, 0) is 53.9 Å². The van der Waals surface area contributed by atoms with Crippen LogP contribution in [-0.4, -0.2) is 11.1 Å². The van der Waals surface area contributed by atoms with E-state index in [0.717, 1.165) is 5.56 Å². The Hall–Kier alpha value is -3.78. The molecule has 4 nitrogen and oxygen atoms in total. The van der Waals surface area contributed by atoms with E-state index < -0.39 is 17.3 Å². The zero-order valence-electron chi connectivity index (χ0n) is 17.0. The van der Waals surface area contributed by atoms with Crippen molar-refractivity contribution in [1.82, 2.24) is 0 Å². The summed E-state index contributed by atoms with van der Waals surface area (Å²) in [6.45, 7) is 6.24. The SMILES string of the molecule is CC(C)(C)c1ccc(C#Cc2cccc(C(=O)O)c2F)cc1Oc1ccc(N)cc1. The Morgan fingerprint density at radius 1 is 1.03 bits per heavy atom. The summed E-state index contributed by atoms with van der Waals surface area (Å²) in [4.78, 5) is 11.1. The van der Waals surface area contributed by atoms with Crippen LogP contribution < -0.4 is 10.5 Å². The highest BCUT2D eigenvalue weighted by Gasteiger charge is 2.20. The van der Waals surface area contributed by atoms with Crippen molar-refractivity contribution < 1.29 is 19.0 Å². The molecule has 0 saturated heterocycles. The van der Waals surface area contributed by atoms with Crippen LogP contribution in [0.1, 0.15) is 47.8 Å². The van der Waals surface area contributed by atoms with E-state index in [4.69, 9.17) is 15.6 Å². The maximum absolute atomic E-state index is 14.3. The van der Waals surface area contributed by atoms with Crippen LogP contribution in [0.5, 0.6) is 11.5 Å². The van der Waals surface area contributed by atoms with Gasteiger partial charge >= 0.3 is 5.97 Å². The number of aromatic carboxylic acids is 1.